The maximum absolute atomic E-state index is 11.8. The highest BCUT2D eigenvalue weighted by atomic mass is 16.3. The van der Waals surface area contributed by atoms with Crippen molar-refractivity contribution in [1.29, 1.82) is 0 Å². The molecule has 0 bridgehead atoms. The molecule has 1 fully saturated rings. The van der Waals surface area contributed by atoms with E-state index in [1.54, 1.807) is 0 Å². The van der Waals surface area contributed by atoms with Crippen molar-refractivity contribution in [2.24, 2.45) is 0 Å². The lowest BCUT2D eigenvalue weighted by Gasteiger charge is -2.48. The Kier molecular flexibility index (Phi) is 7.41. The lowest BCUT2D eigenvalue weighted by molar-refractivity contribution is -0.0775. The lowest BCUT2D eigenvalue weighted by Crippen LogP contribution is -2.52. The van der Waals surface area contributed by atoms with Crippen LogP contribution in [0.1, 0.15) is 102 Å². The molecule has 0 spiro atoms. The second-order valence-electron chi connectivity index (χ2n) is 14.0. The van der Waals surface area contributed by atoms with Gasteiger partial charge in [-0.2, -0.15) is 0 Å². The van der Waals surface area contributed by atoms with Crippen LogP contribution < -0.4 is 21.3 Å². The fraction of sp³-hybridized carbons (Fsp3) is 0.474. The molecule has 1 saturated carbocycles. The maximum Gasteiger partial charge on any atom is 0.108 e. The SMILES string of the molecule is CCCCCC1(CCCCC)Nc2cccc3c(C4C(O)C(c5ccc6c7c(cccc57)NC(C)(C)N6)C4O)ccc(c23)N1. The Labute approximate surface area is 261 Å². The normalized spacial score (nSPS) is 24.1. The van der Waals surface area contributed by atoms with Gasteiger partial charge < -0.3 is 31.5 Å². The topological polar surface area (TPSA) is 88.6 Å². The third-order valence-corrected chi connectivity index (χ3v) is 10.4. The third-order valence-electron chi connectivity index (χ3n) is 10.4. The zero-order valence-electron chi connectivity index (χ0n) is 26.6. The first kappa shape index (κ1) is 29.2. The summed E-state index contributed by atoms with van der Waals surface area (Å²) in [5.41, 5.74) is 6.06. The summed E-state index contributed by atoms with van der Waals surface area (Å²) in [5, 5.41) is 43.1. The van der Waals surface area contributed by atoms with Gasteiger partial charge in [-0.25, -0.2) is 0 Å². The van der Waals surface area contributed by atoms with Crippen molar-refractivity contribution in [2.75, 3.05) is 21.3 Å². The van der Waals surface area contributed by atoms with E-state index in [4.69, 9.17) is 0 Å². The maximum atomic E-state index is 11.8. The van der Waals surface area contributed by atoms with Gasteiger partial charge in [0.2, 0.25) is 0 Å². The zero-order valence-corrected chi connectivity index (χ0v) is 26.6. The van der Waals surface area contributed by atoms with Crippen LogP contribution in [0.25, 0.3) is 21.5 Å². The first-order valence-corrected chi connectivity index (χ1v) is 16.9. The van der Waals surface area contributed by atoms with Crippen LogP contribution in [0.2, 0.25) is 0 Å². The summed E-state index contributed by atoms with van der Waals surface area (Å²) in [4.78, 5) is 0. The molecule has 2 atom stereocenters. The Morgan fingerprint density at radius 2 is 1.00 bits per heavy atom. The number of unbranched alkanes of at least 4 members (excludes halogenated alkanes) is 4. The summed E-state index contributed by atoms with van der Waals surface area (Å²) in [6, 6.07) is 21.3. The van der Waals surface area contributed by atoms with E-state index in [-0.39, 0.29) is 23.2 Å². The van der Waals surface area contributed by atoms with Crippen molar-refractivity contribution < 1.29 is 10.2 Å². The summed E-state index contributed by atoms with van der Waals surface area (Å²) >= 11 is 0. The first-order valence-electron chi connectivity index (χ1n) is 16.9. The van der Waals surface area contributed by atoms with Gasteiger partial charge in [0, 0.05) is 45.4 Å². The summed E-state index contributed by atoms with van der Waals surface area (Å²) in [5.74, 6) is -0.711. The highest BCUT2D eigenvalue weighted by Gasteiger charge is 2.51. The number of nitrogens with one attached hydrogen (secondary N) is 4. The lowest BCUT2D eigenvalue weighted by atomic mass is 9.62. The highest BCUT2D eigenvalue weighted by Crippen LogP contribution is 2.54. The van der Waals surface area contributed by atoms with Crippen LogP contribution in [0.4, 0.5) is 22.7 Å². The number of benzene rings is 4. The van der Waals surface area contributed by atoms with E-state index in [0.29, 0.717) is 0 Å². The molecule has 0 aromatic heterocycles. The Morgan fingerprint density at radius 3 is 1.48 bits per heavy atom. The molecule has 232 valence electrons. The molecular formula is C38H48N4O2. The molecule has 44 heavy (non-hydrogen) atoms. The molecule has 1 aliphatic carbocycles. The summed E-state index contributed by atoms with van der Waals surface area (Å²) < 4.78 is 0. The summed E-state index contributed by atoms with van der Waals surface area (Å²) in [6.45, 7) is 8.77. The minimum absolute atomic E-state index is 0.151. The van der Waals surface area contributed by atoms with Crippen LogP contribution in [-0.4, -0.2) is 33.7 Å². The Balaban J connectivity index is 1.21. The second-order valence-corrected chi connectivity index (χ2v) is 14.0. The number of aliphatic hydroxyl groups is 2. The van der Waals surface area contributed by atoms with Gasteiger partial charge in [-0.1, -0.05) is 75.9 Å². The molecule has 2 aliphatic heterocycles. The predicted octanol–water partition coefficient (Wildman–Crippen LogP) is 8.86. The third kappa shape index (κ3) is 4.78. The van der Waals surface area contributed by atoms with Crippen LogP contribution >= 0.6 is 0 Å². The second kappa shape index (κ2) is 11.1. The first-order chi connectivity index (χ1) is 21.3. The van der Waals surface area contributed by atoms with Crippen molar-refractivity contribution in [3.8, 4) is 0 Å². The molecule has 7 rings (SSSR count). The molecule has 0 radical (unpaired) electrons. The minimum atomic E-state index is -0.688. The molecule has 3 aliphatic rings. The van der Waals surface area contributed by atoms with Crippen molar-refractivity contribution in [1.82, 2.24) is 0 Å². The van der Waals surface area contributed by atoms with Crippen molar-refractivity contribution in [3.05, 3.63) is 71.8 Å². The quantitative estimate of drug-likeness (QED) is 0.103. The minimum Gasteiger partial charge on any atom is -0.392 e. The number of aliphatic hydroxyl groups excluding tert-OH is 2. The molecule has 4 aromatic rings. The van der Waals surface area contributed by atoms with Crippen molar-refractivity contribution in [2.45, 2.75) is 114 Å². The van der Waals surface area contributed by atoms with E-state index in [1.165, 1.54) is 38.5 Å². The van der Waals surface area contributed by atoms with Gasteiger partial charge in [0.05, 0.1) is 12.2 Å². The van der Waals surface area contributed by atoms with Crippen LogP contribution in [0.3, 0.4) is 0 Å². The van der Waals surface area contributed by atoms with Gasteiger partial charge in [0.25, 0.3) is 0 Å². The molecule has 0 amide bonds. The molecule has 4 aromatic carbocycles. The molecule has 6 nitrogen and oxygen atoms in total. The van der Waals surface area contributed by atoms with Crippen LogP contribution in [-0.2, 0) is 0 Å². The number of hydrogen-bond acceptors (Lipinski definition) is 6. The molecule has 6 N–H and O–H groups in total. The van der Waals surface area contributed by atoms with Crippen LogP contribution in [0.15, 0.2) is 60.7 Å². The molecular weight excluding hydrogens is 544 g/mol. The van der Waals surface area contributed by atoms with Crippen LogP contribution in [0, 0.1) is 0 Å². The van der Waals surface area contributed by atoms with E-state index < -0.39 is 12.2 Å². The highest BCUT2D eigenvalue weighted by molar-refractivity contribution is 6.08. The Hall–Kier alpha value is -3.48. The van der Waals surface area contributed by atoms with Crippen molar-refractivity contribution in [3.63, 3.8) is 0 Å². The molecule has 0 saturated heterocycles. The fourth-order valence-electron chi connectivity index (χ4n) is 8.28. The van der Waals surface area contributed by atoms with Gasteiger partial charge in [-0.3, -0.25) is 0 Å². The fourth-order valence-corrected chi connectivity index (χ4v) is 8.28. The number of anilines is 4. The van der Waals surface area contributed by atoms with Crippen LogP contribution in [0.5, 0.6) is 0 Å². The Morgan fingerprint density at radius 1 is 0.568 bits per heavy atom. The van der Waals surface area contributed by atoms with Gasteiger partial charge in [0.1, 0.15) is 11.3 Å². The van der Waals surface area contributed by atoms with E-state index in [2.05, 4.69) is 110 Å². The zero-order chi connectivity index (χ0) is 30.6. The van der Waals surface area contributed by atoms with E-state index in [9.17, 15) is 10.2 Å². The number of hydrogen-bond donors (Lipinski definition) is 6. The predicted molar refractivity (Wildman–Crippen MR) is 185 cm³/mol. The van der Waals surface area contributed by atoms with E-state index in [1.807, 2.05) is 0 Å². The van der Waals surface area contributed by atoms with Gasteiger partial charge in [0.15, 0.2) is 0 Å². The Bertz CT molecular complexity index is 1650. The smallest absolute Gasteiger partial charge is 0.108 e. The molecule has 2 heterocycles. The molecule has 6 heteroatoms. The van der Waals surface area contributed by atoms with Gasteiger partial charge >= 0.3 is 0 Å². The largest absolute Gasteiger partial charge is 0.392 e. The van der Waals surface area contributed by atoms with E-state index >= 15 is 0 Å². The molecule has 2 unspecified atom stereocenters. The summed E-state index contributed by atoms with van der Waals surface area (Å²) in [7, 11) is 0. The summed E-state index contributed by atoms with van der Waals surface area (Å²) in [6.07, 6.45) is 8.06. The average Bonchev–Trinajstić information content (AvgIpc) is 2.99. The average molecular weight is 593 g/mol. The standard InChI is InChI=1S/C38H48N4O2/c1-5-7-9-21-38(22-10-8-6-2)41-28-16-12-14-24-26(18-20-30(42-38)32(24)28)34-35(43)33(36(34)44)25-17-19-29-31-23(25)13-11-15-27(31)39-37(3,4)40-29/h11-20,33-36,39-44H,5-10,21-22H2,1-4H3. The van der Waals surface area contributed by atoms with Gasteiger partial charge in [-0.15, -0.1) is 0 Å². The number of rotatable bonds is 10. The van der Waals surface area contributed by atoms with Crippen molar-refractivity contribution >= 4 is 44.3 Å². The van der Waals surface area contributed by atoms with Gasteiger partial charge in [-0.05, 0) is 85.7 Å². The van der Waals surface area contributed by atoms with E-state index in [0.717, 1.165) is 68.3 Å². The monoisotopic (exact) mass is 592 g/mol.